The Kier molecular flexibility index (Phi) is 4.15. The molecule has 2 N–H and O–H groups in total. The zero-order valence-electron chi connectivity index (χ0n) is 11.1. The van der Waals surface area contributed by atoms with Crippen LogP contribution in [0.4, 0.5) is 0 Å². The Morgan fingerprint density at radius 2 is 2.22 bits per heavy atom. The molecule has 1 aromatic carbocycles. The molecule has 2 aromatic rings. The molecule has 0 amide bonds. The number of benzene rings is 1. The number of hydrogen-bond acceptors (Lipinski definition) is 2. The normalized spacial score (nSPS) is 12.6. The maximum Gasteiger partial charge on any atom is 0.0948 e. The van der Waals surface area contributed by atoms with E-state index >= 15 is 0 Å². The van der Waals surface area contributed by atoms with E-state index in [2.05, 4.69) is 47.7 Å². The van der Waals surface area contributed by atoms with Crippen molar-refractivity contribution in [3.05, 3.63) is 53.6 Å². The molecule has 0 spiro atoms. The summed E-state index contributed by atoms with van der Waals surface area (Å²) in [6.07, 6.45) is 5.71. The number of aromatic nitrogens is 2. The first-order valence-electron chi connectivity index (χ1n) is 6.52. The predicted octanol–water partition coefficient (Wildman–Crippen LogP) is 2.84. The molecular weight excluding hydrogens is 222 g/mol. The minimum atomic E-state index is 0.0880. The molecule has 1 heterocycles. The number of nitrogens with zero attached hydrogens (tertiary/aromatic N) is 2. The number of rotatable bonds is 5. The molecule has 1 aromatic heterocycles. The van der Waals surface area contributed by atoms with E-state index in [0.29, 0.717) is 0 Å². The molecule has 2 rings (SSSR count). The number of hydrogen-bond donors (Lipinski definition) is 1. The monoisotopic (exact) mass is 243 g/mol. The molecule has 3 nitrogen and oxygen atoms in total. The third-order valence-electron chi connectivity index (χ3n) is 3.29. The molecule has 0 aliphatic carbocycles. The highest BCUT2D eigenvalue weighted by Crippen LogP contribution is 2.14. The van der Waals surface area contributed by atoms with Gasteiger partial charge >= 0.3 is 0 Å². The third kappa shape index (κ3) is 2.99. The predicted molar refractivity (Wildman–Crippen MR) is 74.3 cm³/mol. The Labute approximate surface area is 109 Å². The van der Waals surface area contributed by atoms with E-state index in [-0.39, 0.29) is 6.04 Å². The Bertz CT molecular complexity index is 502. The molecule has 0 unspecified atom stereocenters. The van der Waals surface area contributed by atoms with E-state index in [1.54, 1.807) is 0 Å². The molecule has 0 saturated carbocycles. The fraction of sp³-hybridized carbons (Fsp3) is 0.400. The number of imidazole rings is 1. The van der Waals surface area contributed by atoms with Crippen molar-refractivity contribution in [3.63, 3.8) is 0 Å². The van der Waals surface area contributed by atoms with Crippen LogP contribution in [0.25, 0.3) is 0 Å². The van der Waals surface area contributed by atoms with Gasteiger partial charge in [-0.1, -0.05) is 36.8 Å². The smallest absolute Gasteiger partial charge is 0.0948 e. The Morgan fingerprint density at radius 1 is 1.39 bits per heavy atom. The van der Waals surface area contributed by atoms with Crippen LogP contribution in [-0.4, -0.2) is 9.55 Å². The first kappa shape index (κ1) is 12.8. The second-order valence-corrected chi connectivity index (χ2v) is 4.77. The number of nitrogens with two attached hydrogens (primary N) is 1. The van der Waals surface area contributed by atoms with Gasteiger partial charge in [0, 0.05) is 18.8 Å². The van der Waals surface area contributed by atoms with E-state index in [1.807, 2.05) is 12.5 Å². The highest BCUT2D eigenvalue weighted by atomic mass is 15.1. The molecule has 18 heavy (non-hydrogen) atoms. The van der Waals surface area contributed by atoms with Gasteiger partial charge in [-0.15, -0.1) is 0 Å². The summed E-state index contributed by atoms with van der Waals surface area (Å²) in [6.45, 7) is 5.16. The largest absolute Gasteiger partial charge is 0.333 e. The standard InChI is InChI=1S/C15H21N3/c1-3-14(16)15-10-17-11-18(15)8-7-13-6-4-5-12(2)9-13/h4-6,9-11,14H,3,7-8,16H2,1-2H3/t14-/m1/s1. The average Bonchev–Trinajstić information content (AvgIpc) is 2.84. The quantitative estimate of drug-likeness (QED) is 0.877. The van der Waals surface area contributed by atoms with Crippen molar-refractivity contribution in [2.75, 3.05) is 0 Å². The van der Waals surface area contributed by atoms with Crippen molar-refractivity contribution < 1.29 is 0 Å². The molecule has 0 aliphatic rings. The lowest BCUT2D eigenvalue weighted by atomic mass is 10.1. The van der Waals surface area contributed by atoms with Gasteiger partial charge in [0.05, 0.1) is 12.0 Å². The Balaban J connectivity index is 2.04. The van der Waals surface area contributed by atoms with Crippen LogP contribution in [0.5, 0.6) is 0 Å². The molecule has 0 saturated heterocycles. The molecular formula is C15H21N3. The van der Waals surface area contributed by atoms with Crippen LogP contribution in [-0.2, 0) is 13.0 Å². The van der Waals surface area contributed by atoms with Crippen molar-refractivity contribution in [1.29, 1.82) is 0 Å². The Hall–Kier alpha value is -1.61. The highest BCUT2D eigenvalue weighted by molar-refractivity contribution is 5.22. The van der Waals surface area contributed by atoms with Crippen LogP contribution in [0.1, 0.15) is 36.2 Å². The number of aryl methyl sites for hydroxylation is 3. The SMILES string of the molecule is CC[C@@H](N)c1cncn1CCc1cccc(C)c1. The summed E-state index contributed by atoms with van der Waals surface area (Å²) in [4.78, 5) is 4.20. The van der Waals surface area contributed by atoms with Crippen LogP contribution in [0.3, 0.4) is 0 Å². The van der Waals surface area contributed by atoms with Gasteiger partial charge in [-0.25, -0.2) is 4.98 Å². The Morgan fingerprint density at radius 3 is 2.94 bits per heavy atom. The van der Waals surface area contributed by atoms with E-state index in [4.69, 9.17) is 5.73 Å². The summed E-state index contributed by atoms with van der Waals surface area (Å²) in [5.74, 6) is 0. The van der Waals surface area contributed by atoms with Crippen molar-refractivity contribution >= 4 is 0 Å². The first-order chi connectivity index (χ1) is 8.70. The van der Waals surface area contributed by atoms with E-state index in [0.717, 1.165) is 25.1 Å². The molecule has 0 aliphatic heterocycles. The van der Waals surface area contributed by atoms with Crippen molar-refractivity contribution in [1.82, 2.24) is 9.55 Å². The zero-order valence-corrected chi connectivity index (χ0v) is 11.1. The first-order valence-corrected chi connectivity index (χ1v) is 6.52. The fourth-order valence-corrected chi connectivity index (χ4v) is 2.15. The van der Waals surface area contributed by atoms with Gasteiger partial charge < -0.3 is 10.3 Å². The summed E-state index contributed by atoms with van der Waals surface area (Å²) in [5, 5.41) is 0. The highest BCUT2D eigenvalue weighted by Gasteiger charge is 2.09. The van der Waals surface area contributed by atoms with Crippen molar-refractivity contribution in [2.24, 2.45) is 5.73 Å². The summed E-state index contributed by atoms with van der Waals surface area (Å²) in [5.41, 5.74) is 9.87. The third-order valence-corrected chi connectivity index (χ3v) is 3.29. The van der Waals surface area contributed by atoms with Gasteiger partial charge in [0.25, 0.3) is 0 Å². The second-order valence-electron chi connectivity index (χ2n) is 4.77. The maximum atomic E-state index is 6.07. The topological polar surface area (TPSA) is 43.8 Å². The van der Waals surface area contributed by atoms with Crippen LogP contribution in [0, 0.1) is 6.92 Å². The molecule has 0 bridgehead atoms. The van der Waals surface area contributed by atoms with Gasteiger partial charge in [-0.05, 0) is 25.3 Å². The van der Waals surface area contributed by atoms with Crippen LogP contribution in [0.15, 0.2) is 36.8 Å². The van der Waals surface area contributed by atoms with Gasteiger partial charge in [0.15, 0.2) is 0 Å². The van der Waals surface area contributed by atoms with Crippen LogP contribution >= 0.6 is 0 Å². The minimum Gasteiger partial charge on any atom is -0.333 e. The summed E-state index contributed by atoms with van der Waals surface area (Å²) >= 11 is 0. The lowest BCUT2D eigenvalue weighted by molar-refractivity contribution is 0.588. The molecule has 1 atom stereocenters. The second kappa shape index (κ2) is 5.83. The lowest BCUT2D eigenvalue weighted by Gasteiger charge is -2.13. The molecule has 0 radical (unpaired) electrons. The summed E-state index contributed by atoms with van der Waals surface area (Å²) in [6, 6.07) is 8.72. The maximum absolute atomic E-state index is 6.07. The minimum absolute atomic E-state index is 0.0880. The summed E-state index contributed by atoms with van der Waals surface area (Å²) < 4.78 is 2.16. The van der Waals surface area contributed by atoms with E-state index < -0.39 is 0 Å². The van der Waals surface area contributed by atoms with Gasteiger partial charge in [0.2, 0.25) is 0 Å². The average molecular weight is 243 g/mol. The zero-order chi connectivity index (χ0) is 13.0. The van der Waals surface area contributed by atoms with Crippen LogP contribution in [0.2, 0.25) is 0 Å². The van der Waals surface area contributed by atoms with Gasteiger partial charge in [-0.2, -0.15) is 0 Å². The van der Waals surface area contributed by atoms with Crippen molar-refractivity contribution in [2.45, 2.75) is 39.3 Å². The van der Waals surface area contributed by atoms with E-state index in [9.17, 15) is 0 Å². The van der Waals surface area contributed by atoms with E-state index in [1.165, 1.54) is 11.1 Å². The summed E-state index contributed by atoms with van der Waals surface area (Å²) in [7, 11) is 0. The molecule has 0 fully saturated rings. The lowest BCUT2D eigenvalue weighted by Crippen LogP contribution is -2.15. The van der Waals surface area contributed by atoms with Crippen LogP contribution < -0.4 is 5.73 Å². The van der Waals surface area contributed by atoms with Gasteiger partial charge in [0.1, 0.15) is 0 Å². The van der Waals surface area contributed by atoms with Crippen molar-refractivity contribution in [3.8, 4) is 0 Å². The van der Waals surface area contributed by atoms with Gasteiger partial charge in [-0.3, -0.25) is 0 Å². The fourth-order valence-electron chi connectivity index (χ4n) is 2.15. The molecule has 3 heteroatoms. The molecule has 96 valence electrons.